The molecule has 1 aliphatic rings. The number of amides is 1. The summed E-state index contributed by atoms with van der Waals surface area (Å²) < 4.78 is 43.8. The lowest BCUT2D eigenvalue weighted by Crippen LogP contribution is -2.28. The van der Waals surface area contributed by atoms with Crippen LogP contribution in [0.1, 0.15) is 17.5 Å². The van der Waals surface area contributed by atoms with Gasteiger partial charge in [0.1, 0.15) is 5.75 Å². The second-order valence-electron chi connectivity index (χ2n) is 5.72. The molecule has 3 rings (SSSR count). The molecule has 1 heterocycles. The molecule has 0 aliphatic carbocycles. The van der Waals surface area contributed by atoms with Gasteiger partial charge in [-0.25, -0.2) is 0 Å². The van der Waals surface area contributed by atoms with E-state index in [1.165, 1.54) is 7.11 Å². The van der Waals surface area contributed by atoms with Crippen LogP contribution in [0.4, 0.5) is 18.9 Å². The van der Waals surface area contributed by atoms with Crippen LogP contribution in [-0.4, -0.2) is 24.8 Å². The van der Waals surface area contributed by atoms with Gasteiger partial charge in [-0.2, -0.15) is 13.2 Å². The van der Waals surface area contributed by atoms with Crippen LogP contribution in [0.25, 0.3) is 0 Å². The summed E-state index contributed by atoms with van der Waals surface area (Å²) in [5.41, 5.74) is 0.112. The quantitative estimate of drug-likeness (QED) is 0.825. The van der Waals surface area contributed by atoms with Crippen molar-refractivity contribution in [3.05, 3.63) is 58.6 Å². The minimum Gasteiger partial charge on any atom is -0.496 e. The van der Waals surface area contributed by atoms with Crippen LogP contribution in [0.5, 0.6) is 5.75 Å². The fraction of sp³-hybridized carbons (Fsp3) is 0.222. The number of para-hydroxylation sites is 1. The van der Waals surface area contributed by atoms with E-state index in [0.29, 0.717) is 17.0 Å². The largest absolute Gasteiger partial charge is 0.496 e. The van der Waals surface area contributed by atoms with E-state index in [2.05, 4.69) is 10.5 Å². The van der Waals surface area contributed by atoms with Crippen molar-refractivity contribution < 1.29 is 27.5 Å². The average Bonchev–Trinajstić information content (AvgIpc) is 3.12. The van der Waals surface area contributed by atoms with Crippen LogP contribution < -0.4 is 10.1 Å². The second kappa shape index (κ2) is 7.48. The smallest absolute Gasteiger partial charge is 0.416 e. The van der Waals surface area contributed by atoms with Crippen LogP contribution in [0.2, 0.25) is 5.02 Å². The summed E-state index contributed by atoms with van der Waals surface area (Å²) in [4.78, 5) is 17.5. The fourth-order valence-corrected chi connectivity index (χ4v) is 2.74. The number of halogens is 4. The maximum absolute atomic E-state index is 12.8. The molecule has 1 atom stereocenters. The van der Waals surface area contributed by atoms with E-state index in [0.717, 1.165) is 18.2 Å². The Bertz CT molecular complexity index is 900. The summed E-state index contributed by atoms with van der Waals surface area (Å²) in [6.07, 6.45) is -5.40. The van der Waals surface area contributed by atoms with Gasteiger partial charge in [0.2, 0.25) is 6.10 Å². The van der Waals surface area contributed by atoms with Gasteiger partial charge in [0.25, 0.3) is 5.91 Å². The molecule has 0 aromatic heterocycles. The first-order valence-electron chi connectivity index (χ1n) is 7.83. The van der Waals surface area contributed by atoms with E-state index >= 15 is 0 Å². The molecule has 142 valence electrons. The van der Waals surface area contributed by atoms with Crippen LogP contribution in [0.3, 0.4) is 0 Å². The standard InChI is InChI=1S/C18H14ClF3N2O3/c1-26-15-5-3-2-4-11(15)13-9-16(27-24-13)17(25)23-14-8-10(18(20,21)22)6-7-12(14)19/h2-8,16H,9H2,1H3,(H,23,25). The lowest BCUT2D eigenvalue weighted by Gasteiger charge is -2.13. The van der Waals surface area contributed by atoms with Crippen molar-refractivity contribution in [2.45, 2.75) is 18.7 Å². The molecule has 1 N–H and O–H groups in total. The molecule has 0 saturated heterocycles. The molecule has 0 saturated carbocycles. The van der Waals surface area contributed by atoms with Crippen molar-refractivity contribution >= 4 is 28.9 Å². The Hall–Kier alpha value is -2.74. The highest BCUT2D eigenvalue weighted by Crippen LogP contribution is 2.34. The number of ether oxygens (including phenoxy) is 1. The number of alkyl halides is 3. The Labute approximate surface area is 157 Å². The monoisotopic (exact) mass is 398 g/mol. The molecule has 0 spiro atoms. The molecule has 2 aromatic rings. The maximum atomic E-state index is 12.8. The first kappa shape index (κ1) is 19.0. The number of hydrogen-bond donors (Lipinski definition) is 1. The molecular formula is C18H14ClF3N2O3. The lowest BCUT2D eigenvalue weighted by atomic mass is 10.0. The first-order valence-corrected chi connectivity index (χ1v) is 8.21. The maximum Gasteiger partial charge on any atom is 0.416 e. The Kier molecular flexibility index (Phi) is 5.27. The van der Waals surface area contributed by atoms with Gasteiger partial charge in [-0.1, -0.05) is 28.9 Å². The Balaban J connectivity index is 1.72. The Morgan fingerprint density at radius 2 is 2.04 bits per heavy atom. The molecule has 0 bridgehead atoms. The zero-order chi connectivity index (χ0) is 19.6. The summed E-state index contributed by atoms with van der Waals surface area (Å²) in [5.74, 6) is -0.0771. The van der Waals surface area contributed by atoms with E-state index < -0.39 is 23.8 Å². The molecule has 27 heavy (non-hydrogen) atoms. The van der Waals surface area contributed by atoms with Gasteiger partial charge in [0, 0.05) is 12.0 Å². The number of anilines is 1. The van der Waals surface area contributed by atoms with E-state index in [1.807, 2.05) is 0 Å². The minimum absolute atomic E-state index is 0.0137. The predicted octanol–water partition coefficient (Wildman–Crippen LogP) is 4.50. The van der Waals surface area contributed by atoms with Gasteiger partial charge in [-0.3, -0.25) is 4.79 Å². The summed E-state index contributed by atoms with van der Waals surface area (Å²) in [6.45, 7) is 0. The molecule has 0 radical (unpaired) electrons. The van der Waals surface area contributed by atoms with Crippen LogP contribution in [0.15, 0.2) is 47.6 Å². The molecule has 2 aromatic carbocycles. The van der Waals surface area contributed by atoms with Gasteiger partial charge in [0.05, 0.1) is 29.1 Å². The molecule has 1 unspecified atom stereocenters. The van der Waals surface area contributed by atoms with Gasteiger partial charge < -0.3 is 14.9 Å². The van der Waals surface area contributed by atoms with Crippen molar-refractivity contribution in [1.29, 1.82) is 0 Å². The minimum atomic E-state index is -4.55. The zero-order valence-corrected chi connectivity index (χ0v) is 14.8. The third kappa shape index (κ3) is 4.16. The number of nitrogens with one attached hydrogen (secondary N) is 1. The number of methoxy groups -OCH3 is 1. The number of rotatable bonds is 4. The SMILES string of the molecule is COc1ccccc1C1=NOC(C(=O)Nc2cc(C(F)(F)F)ccc2Cl)C1. The predicted molar refractivity (Wildman–Crippen MR) is 94.1 cm³/mol. The highest BCUT2D eigenvalue weighted by atomic mass is 35.5. The third-order valence-corrected chi connectivity index (χ3v) is 4.26. The molecule has 1 aliphatic heterocycles. The van der Waals surface area contributed by atoms with E-state index in [1.54, 1.807) is 24.3 Å². The zero-order valence-electron chi connectivity index (χ0n) is 14.0. The van der Waals surface area contributed by atoms with Crippen molar-refractivity contribution in [2.75, 3.05) is 12.4 Å². The summed E-state index contributed by atoms with van der Waals surface area (Å²) in [6, 6.07) is 9.78. The van der Waals surface area contributed by atoms with Crippen LogP contribution in [-0.2, 0) is 15.8 Å². The number of carbonyl (C=O) groups excluding carboxylic acids is 1. The lowest BCUT2D eigenvalue weighted by molar-refractivity contribution is -0.137. The molecule has 1 amide bonds. The summed E-state index contributed by atoms with van der Waals surface area (Å²) in [5, 5.41) is 6.25. The van der Waals surface area contributed by atoms with Gasteiger partial charge >= 0.3 is 6.18 Å². The van der Waals surface area contributed by atoms with Gasteiger partial charge in [0.15, 0.2) is 0 Å². The number of hydrogen-bond acceptors (Lipinski definition) is 4. The third-order valence-electron chi connectivity index (χ3n) is 3.93. The van der Waals surface area contributed by atoms with Crippen molar-refractivity contribution in [3.63, 3.8) is 0 Å². The molecule has 9 heteroatoms. The average molecular weight is 399 g/mol. The van der Waals surface area contributed by atoms with Gasteiger partial charge in [-0.05, 0) is 30.3 Å². The normalized spacial score (nSPS) is 16.5. The topological polar surface area (TPSA) is 59.9 Å². The molecular weight excluding hydrogens is 385 g/mol. The van der Waals surface area contributed by atoms with Gasteiger partial charge in [-0.15, -0.1) is 0 Å². The molecule has 5 nitrogen and oxygen atoms in total. The van der Waals surface area contributed by atoms with Crippen molar-refractivity contribution in [1.82, 2.24) is 0 Å². The van der Waals surface area contributed by atoms with E-state index in [-0.39, 0.29) is 17.1 Å². The number of nitrogens with zero attached hydrogens (tertiary/aromatic N) is 1. The number of benzene rings is 2. The summed E-state index contributed by atoms with van der Waals surface area (Å²) >= 11 is 5.89. The number of oxime groups is 1. The first-order chi connectivity index (χ1) is 12.8. The molecule has 0 fully saturated rings. The highest BCUT2D eigenvalue weighted by Gasteiger charge is 2.33. The van der Waals surface area contributed by atoms with Crippen molar-refractivity contribution in [3.8, 4) is 5.75 Å². The number of carbonyl (C=O) groups is 1. The highest BCUT2D eigenvalue weighted by molar-refractivity contribution is 6.33. The Morgan fingerprint density at radius 3 is 2.74 bits per heavy atom. The van der Waals surface area contributed by atoms with E-state index in [9.17, 15) is 18.0 Å². The van der Waals surface area contributed by atoms with Crippen molar-refractivity contribution in [2.24, 2.45) is 5.16 Å². The van der Waals surface area contributed by atoms with Crippen LogP contribution in [0, 0.1) is 0 Å². The van der Waals surface area contributed by atoms with Crippen LogP contribution >= 0.6 is 11.6 Å². The summed E-state index contributed by atoms with van der Waals surface area (Å²) in [7, 11) is 1.51. The second-order valence-corrected chi connectivity index (χ2v) is 6.13. The fourth-order valence-electron chi connectivity index (χ4n) is 2.57. The Morgan fingerprint density at radius 1 is 1.30 bits per heavy atom. The van der Waals surface area contributed by atoms with E-state index in [4.69, 9.17) is 21.2 Å².